The van der Waals surface area contributed by atoms with E-state index in [0.29, 0.717) is 57.6 Å². The van der Waals surface area contributed by atoms with Gasteiger partial charge in [-0.2, -0.15) is 28.4 Å². The van der Waals surface area contributed by atoms with Gasteiger partial charge in [-0.25, -0.2) is 22.5 Å². The van der Waals surface area contributed by atoms with Crippen LogP contribution < -0.4 is 25.8 Å². The van der Waals surface area contributed by atoms with Gasteiger partial charge in [-0.3, -0.25) is 9.80 Å². The summed E-state index contributed by atoms with van der Waals surface area (Å²) in [5.74, 6) is -6.98. The molecule has 0 saturated carbocycles. The molecule has 5 atom stereocenters. The lowest BCUT2D eigenvalue weighted by Crippen LogP contribution is -2.40. The lowest BCUT2D eigenvalue weighted by Gasteiger charge is -2.35. The third-order valence-electron chi connectivity index (χ3n) is 12.4. The quantitative estimate of drug-likeness (QED) is 0.169. The Morgan fingerprint density at radius 1 is 1.11 bits per heavy atom. The number of rotatable bonds is 9. The molecule has 2 aromatic heterocycles. The van der Waals surface area contributed by atoms with E-state index in [0.717, 1.165) is 24.8 Å². The van der Waals surface area contributed by atoms with Gasteiger partial charge in [0.2, 0.25) is 0 Å². The molecule has 0 amide bonds. The predicted octanol–water partition coefficient (Wildman–Crippen LogP) is 6.93. The molecule has 12 nitrogen and oxygen atoms in total. The van der Waals surface area contributed by atoms with Crippen LogP contribution in [0, 0.1) is 28.9 Å². The van der Waals surface area contributed by atoms with Crippen LogP contribution in [0.15, 0.2) is 58.1 Å². The molecule has 61 heavy (non-hydrogen) atoms. The molecule has 5 aliphatic heterocycles. The fourth-order valence-corrected chi connectivity index (χ4v) is 10.8. The number of pyridine rings is 1. The summed E-state index contributed by atoms with van der Waals surface area (Å²) in [6, 6.07) is 1.72. The maximum absolute atomic E-state index is 17.7. The van der Waals surface area contributed by atoms with Crippen molar-refractivity contribution in [1.82, 2.24) is 24.8 Å². The highest BCUT2D eigenvalue weighted by molar-refractivity contribution is 8.07. The van der Waals surface area contributed by atoms with E-state index in [2.05, 4.69) is 19.9 Å². The molecule has 20 heteroatoms. The molecule has 7 heterocycles. The van der Waals surface area contributed by atoms with Crippen molar-refractivity contribution < 1.29 is 44.9 Å². The monoisotopic (exact) mass is 871 g/mol. The van der Waals surface area contributed by atoms with Crippen molar-refractivity contribution in [2.45, 2.75) is 55.5 Å². The SMILES string of the molecule is N#CC1=C(N)SC2=C(F)C=CC(c3c(C(F)(F)F)c4c5c(nc(O/C=C/C67CCCN6C[C@H](F)C7)nc5c3F)N([C@H](CCN3CCOCC3)c3cc(F)cnc3N)CCO4)C12. The Morgan fingerprint density at radius 2 is 1.92 bits per heavy atom. The van der Waals surface area contributed by atoms with Crippen LogP contribution in [0.3, 0.4) is 0 Å². The Labute approximate surface area is 349 Å². The van der Waals surface area contributed by atoms with Crippen molar-refractivity contribution in [3.05, 3.63) is 86.4 Å². The summed E-state index contributed by atoms with van der Waals surface area (Å²) in [5.41, 5.74) is 8.77. The number of allylic oxidation sites excluding steroid dienone is 5. The fourth-order valence-electron chi connectivity index (χ4n) is 9.73. The number of ether oxygens (including phenoxy) is 3. The summed E-state index contributed by atoms with van der Waals surface area (Å²) in [4.78, 5) is 18.6. The number of nitrogens with two attached hydrogens (primary N) is 2. The number of anilines is 2. The lowest BCUT2D eigenvalue weighted by atomic mass is 9.76. The van der Waals surface area contributed by atoms with Crippen molar-refractivity contribution in [3.63, 3.8) is 0 Å². The average Bonchev–Trinajstić information content (AvgIpc) is 3.83. The molecule has 322 valence electrons. The largest absolute Gasteiger partial charge is 0.490 e. The Hall–Kier alpha value is -5.10. The van der Waals surface area contributed by atoms with Crippen LogP contribution in [0.25, 0.3) is 10.9 Å². The molecular formula is C41H40F7N9O3S. The van der Waals surface area contributed by atoms with Crippen LogP contribution in [-0.2, 0) is 10.9 Å². The molecule has 9 rings (SSSR count). The van der Waals surface area contributed by atoms with E-state index in [1.807, 2.05) is 11.0 Å². The van der Waals surface area contributed by atoms with Crippen LogP contribution in [0.2, 0.25) is 0 Å². The van der Waals surface area contributed by atoms with Gasteiger partial charge in [0.25, 0.3) is 0 Å². The summed E-state index contributed by atoms with van der Waals surface area (Å²) in [7, 11) is 0. The standard InChI is InChI=1S/C41H40F7N9O3S/c42-21-16-24(36(50)52-19-21)27(4-8-55-9-13-58-14-10-55)57-11-15-59-34-30-33(53-39(54-38(30)57)60-12-6-40-5-1-7-56(40)20-22(43)17-40)32(45)29(31(34)41(46,47)48)23-2-3-26(44)35-28(23)25(18-49)37(51)61-35/h2-3,6,12,16,19,22-23,27-28H,1,4-5,7-11,13-15,17,20,51H2,(H2,50,52)/b12-6+/t22-,23?,27-,28?,40?/m1/s1. The summed E-state index contributed by atoms with van der Waals surface area (Å²) in [6.07, 6.45) is 1.55. The third-order valence-corrected chi connectivity index (χ3v) is 13.5. The molecule has 3 aromatic rings. The number of alkyl halides is 4. The van der Waals surface area contributed by atoms with E-state index >= 15 is 26.3 Å². The molecule has 0 spiro atoms. The van der Waals surface area contributed by atoms with Crippen molar-refractivity contribution in [2.75, 3.05) is 69.7 Å². The smallest absolute Gasteiger partial charge is 0.420 e. The van der Waals surface area contributed by atoms with Gasteiger partial charge in [-0.05, 0) is 44.0 Å². The Morgan fingerprint density at radius 3 is 2.69 bits per heavy atom. The molecule has 6 aliphatic rings. The third kappa shape index (κ3) is 7.32. The lowest BCUT2D eigenvalue weighted by molar-refractivity contribution is -0.139. The average molecular weight is 872 g/mol. The van der Waals surface area contributed by atoms with Gasteiger partial charge in [0.05, 0.1) is 60.3 Å². The first-order valence-corrected chi connectivity index (χ1v) is 20.7. The number of hydrogen-bond acceptors (Lipinski definition) is 13. The minimum absolute atomic E-state index is 0.0423. The summed E-state index contributed by atoms with van der Waals surface area (Å²) in [6.45, 7) is 2.94. The van der Waals surface area contributed by atoms with E-state index in [9.17, 15) is 9.65 Å². The first-order chi connectivity index (χ1) is 29.3. The van der Waals surface area contributed by atoms with E-state index in [-0.39, 0.29) is 58.6 Å². The number of nitrogen functional groups attached to an aromatic ring is 1. The zero-order valence-electron chi connectivity index (χ0n) is 32.5. The van der Waals surface area contributed by atoms with E-state index < -0.39 is 93.6 Å². The fraction of sp³-hybridized carbons (Fsp3) is 0.463. The number of benzene rings is 1. The van der Waals surface area contributed by atoms with Crippen LogP contribution in [0.4, 0.5) is 42.4 Å². The number of fused-ring (bicyclic) bond motifs is 2. The van der Waals surface area contributed by atoms with Crippen LogP contribution in [0.1, 0.15) is 54.3 Å². The zero-order valence-corrected chi connectivity index (χ0v) is 33.3. The molecular weight excluding hydrogens is 832 g/mol. The highest BCUT2D eigenvalue weighted by Gasteiger charge is 2.50. The first-order valence-electron chi connectivity index (χ1n) is 19.9. The minimum Gasteiger partial charge on any atom is -0.490 e. The molecule has 1 aliphatic carbocycles. The molecule has 1 aromatic carbocycles. The number of halogens is 7. The van der Waals surface area contributed by atoms with Gasteiger partial charge < -0.3 is 30.6 Å². The van der Waals surface area contributed by atoms with Gasteiger partial charge in [0.1, 0.15) is 52.9 Å². The van der Waals surface area contributed by atoms with E-state index in [4.69, 9.17) is 25.7 Å². The second-order valence-corrected chi connectivity index (χ2v) is 16.9. The molecule has 0 radical (unpaired) electrons. The number of nitriles is 1. The van der Waals surface area contributed by atoms with E-state index in [1.54, 1.807) is 11.0 Å². The number of nitrogens with zero attached hydrogens (tertiary/aromatic N) is 7. The normalized spacial score (nSPS) is 26.2. The summed E-state index contributed by atoms with van der Waals surface area (Å²) in [5, 5.41) is 9.49. The molecule has 4 N–H and O–H groups in total. The molecule has 3 saturated heterocycles. The summed E-state index contributed by atoms with van der Waals surface area (Å²) >= 11 is 0.699. The Bertz CT molecular complexity index is 2440. The Balaban J connectivity index is 1.26. The van der Waals surface area contributed by atoms with Crippen LogP contribution >= 0.6 is 11.8 Å². The number of hydrogen-bond donors (Lipinski definition) is 2. The zero-order chi connectivity index (χ0) is 42.8. The highest BCUT2D eigenvalue weighted by atomic mass is 32.2. The summed E-state index contributed by atoms with van der Waals surface area (Å²) < 4.78 is 127. The maximum Gasteiger partial charge on any atom is 0.420 e. The molecule has 3 fully saturated rings. The van der Waals surface area contributed by atoms with Crippen molar-refractivity contribution in [2.24, 2.45) is 11.7 Å². The number of thioether (sulfide) groups is 1. The van der Waals surface area contributed by atoms with Gasteiger partial charge >= 0.3 is 12.2 Å². The number of morpholine rings is 1. The molecule has 3 unspecified atom stereocenters. The van der Waals surface area contributed by atoms with Crippen molar-refractivity contribution in [3.8, 4) is 17.8 Å². The van der Waals surface area contributed by atoms with Crippen molar-refractivity contribution >= 4 is 34.3 Å². The highest BCUT2D eigenvalue weighted by Crippen LogP contribution is 2.58. The first kappa shape index (κ1) is 41.3. The van der Waals surface area contributed by atoms with Gasteiger partial charge in [-0.15, -0.1) is 0 Å². The van der Waals surface area contributed by atoms with Crippen LogP contribution in [0.5, 0.6) is 11.8 Å². The topological polar surface area (TPSA) is 152 Å². The second kappa shape index (κ2) is 16.0. The van der Waals surface area contributed by atoms with Gasteiger partial charge in [0.15, 0.2) is 5.82 Å². The number of aromatic nitrogens is 3. The Kier molecular flexibility index (Phi) is 10.8. The van der Waals surface area contributed by atoms with Crippen molar-refractivity contribution in [1.29, 1.82) is 5.26 Å². The molecule has 0 bridgehead atoms. The van der Waals surface area contributed by atoms with Crippen LogP contribution in [-0.4, -0.2) is 95.6 Å². The van der Waals surface area contributed by atoms with Gasteiger partial charge in [-0.1, -0.05) is 17.8 Å². The van der Waals surface area contributed by atoms with Gasteiger partial charge in [0, 0.05) is 66.0 Å². The minimum atomic E-state index is -5.28. The maximum atomic E-state index is 17.7. The predicted molar refractivity (Wildman–Crippen MR) is 211 cm³/mol. The second-order valence-electron chi connectivity index (χ2n) is 15.9. The van der Waals surface area contributed by atoms with E-state index in [1.165, 1.54) is 12.3 Å².